The molecule has 0 aliphatic carbocycles. The van der Waals surface area contributed by atoms with Crippen LogP contribution in [0.5, 0.6) is 0 Å². The third-order valence-electron chi connectivity index (χ3n) is 3.65. The molecule has 0 saturated carbocycles. The molecular formula is C19H18BrN3O. The largest absolute Gasteiger partial charge is 0.309 e. The number of aryl methyl sites for hydroxylation is 1. The summed E-state index contributed by atoms with van der Waals surface area (Å²) in [4.78, 5) is 12.1. The summed E-state index contributed by atoms with van der Waals surface area (Å²) in [5, 5.41) is 7.24. The highest BCUT2D eigenvalue weighted by Gasteiger charge is 2.07. The summed E-state index contributed by atoms with van der Waals surface area (Å²) >= 11 is 3.39. The Morgan fingerprint density at radius 1 is 1.04 bits per heavy atom. The Morgan fingerprint density at radius 3 is 2.42 bits per heavy atom. The lowest BCUT2D eigenvalue weighted by atomic mass is 10.1. The average Bonchev–Trinajstić information content (AvgIpc) is 2.99. The molecule has 2 aromatic carbocycles. The summed E-state index contributed by atoms with van der Waals surface area (Å²) in [6.45, 7) is 2.75. The van der Waals surface area contributed by atoms with Gasteiger partial charge in [-0.25, -0.2) is 0 Å². The van der Waals surface area contributed by atoms with E-state index in [1.165, 1.54) is 11.1 Å². The number of hydrogen-bond acceptors (Lipinski definition) is 2. The van der Waals surface area contributed by atoms with Gasteiger partial charge in [-0.3, -0.25) is 9.48 Å². The van der Waals surface area contributed by atoms with Gasteiger partial charge in [-0.15, -0.1) is 0 Å². The molecule has 3 aromatic rings. The average molecular weight is 384 g/mol. The minimum Gasteiger partial charge on any atom is -0.309 e. The minimum atomic E-state index is -0.0714. The smallest absolute Gasteiger partial charge is 0.229 e. The van der Waals surface area contributed by atoms with Gasteiger partial charge in [0.25, 0.3) is 0 Å². The molecule has 1 heterocycles. The number of carbonyl (C=O) groups excluding carboxylic acids is 1. The van der Waals surface area contributed by atoms with Gasteiger partial charge in [0, 0.05) is 16.7 Å². The van der Waals surface area contributed by atoms with Crippen LogP contribution in [-0.2, 0) is 17.8 Å². The Balaban J connectivity index is 1.58. The maximum atomic E-state index is 12.1. The first-order valence-corrected chi connectivity index (χ1v) is 8.51. The van der Waals surface area contributed by atoms with Crippen LogP contribution >= 0.6 is 15.9 Å². The van der Waals surface area contributed by atoms with Crippen molar-refractivity contribution in [2.75, 3.05) is 5.32 Å². The molecule has 5 heteroatoms. The summed E-state index contributed by atoms with van der Waals surface area (Å²) in [6, 6.07) is 17.9. The van der Waals surface area contributed by atoms with Gasteiger partial charge < -0.3 is 5.32 Å². The minimum absolute atomic E-state index is 0.0714. The SMILES string of the molecule is Cc1ccc(Cn2ccc(NC(=O)Cc3ccc(Br)cc3)n2)cc1. The number of rotatable bonds is 5. The summed E-state index contributed by atoms with van der Waals surface area (Å²) < 4.78 is 2.82. The molecule has 0 aliphatic rings. The van der Waals surface area contributed by atoms with Crippen LogP contribution in [0.3, 0.4) is 0 Å². The fourth-order valence-electron chi connectivity index (χ4n) is 2.37. The maximum absolute atomic E-state index is 12.1. The zero-order valence-corrected chi connectivity index (χ0v) is 15.0. The summed E-state index contributed by atoms with van der Waals surface area (Å²) in [7, 11) is 0. The molecule has 3 rings (SSSR count). The van der Waals surface area contributed by atoms with Crippen LogP contribution in [0.1, 0.15) is 16.7 Å². The highest BCUT2D eigenvalue weighted by Crippen LogP contribution is 2.12. The molecule has 1 N–H and O–H groups in total. The van der Waals surface area contributed by atoms with E-state index in [1.807, 2.05) is 41.2 Å². The maximum Gasteiger partial charge on any atom is 0.229 e. The molecule has 0 unspecified atom stereocenters. The number of aromatic nitrogens is 2. The molecule has 1 amide bonds. The van der Waals surface area contributed by atoms with Crippen molar-refractivity contribution in [2.24, 2.45) is 0 Å². The molecule has 24 heavy (non-hydrogen) atoms. The molecule has 1 aromatic heterocycles. The second-order valence-corrected chi connectivity index (χ2v) is 6.65. The van der Waals surface area contributed by atoms with E-state index in [2.05, 4.69) is 57.5 Å². The fraction of sp³-hybridized carbons (Fsp3) is 0.158. The van der Waals surface area contributed by atoms with Crippen LogP contribution in [0.15, 0.2) is 65.3 Å². The fourth-order valence-corrected chi connectivity index (χ4v) is 2.64. The van der Waals surface area contributed by atoms with Gasteiger partial charge in [0.15, 0.2) is 5.82 Å². The van der Waals surface area contributed by atoms with Gasteiger partial charge in [0.05, 0.1) is 13.0 Å². The van der Waals surface area contributed by atoms with Gasteiger partial charge in [0.1, 0.15) is 0 Å². The van der Waals surface area contributed by atoms with E-state index in [-0.39, 0.29) is 5.91 Å². The van der Waals surface area contributed by atoms with Gasteiger partial charge in [0.2, 0.25) is 5.91 Å². The van der Waals surface area contributed by atoms with Crippen molar-refractivity contribution in [1.29, 1.82) is 0 Å². The number of hydrogen-bond donors (Lipinski definition) is 1. The van der Waals surface area contributed by atoms with Gasteiger partial charge >= 0.3 is 0 Å². The molecule has 0 spiro atoms. The summed E-state index contributed by atoms with van der Waals surface area (Å²) in [5.74, 6) is 0.502. The Labute approximate surface area is 149 Å². The highest BCUT2D eigenvalue weighted by molar-refractivity contribution is 9.10. The number of anilines is 1. The monoisotopic (exact) mass is 383 g/mol. The second kappa shape index (κ2) is 7.45. The standard InChI is InChI=1S/C19H18BrN3O/c1-14-2-4-16(5-3-14)13-23-11-10-18(22-23)21-19(24)12-15-6-8-17(20)9-7-15/h2-11H,12-13H2,1H3,(H,21,22,24). The van der Waals surface area contributed by atoms with Crippen LogP contribution in [0.4, 0.5) is 5.82 Å². The van der Waals surface area contributed by atoms with Crippen LogP contribution < -0.4 is 5.32 Å². The Hall–Kier alpha value is -2.40. The molecule has 0 radical (unpaired) electrons. The number of halogens is 1. The molecule has 0 saturated heterocycles. The van der Waals surface area contributed by atoms with Gasteiger partial charge in [-0.05, 0) is 30.2 Å². The van der Waals surface area contributed by atoms with Crippen molar-refractivity contribution < 1.29 is 4.79 Å². The van der Waals surface area contributed by atoms with Crippen LogP contribution in [-0.4, -0.2) is 15.7 Å². The number of carbonyl (C=O) groups is 1. The van der Waals surface area contributed by atoms with Crippen molar-refractivity contribution in [3.63, 3.8) is 0 Å². The van der Waals surface area contributed by atoms with Crippen LogP contribution in [0.2, 0.25) is 0 Å². The van der Waals surface area contributed by atoms with Crippen LogP contribution in [0, 0.1) is 6.92 Å². The lowest BCUT2D eigenvalue weighted by molar-refractivity contribution is -0.115. The van der Waals surface area contributed by atoms with Crippen molar-refractivity contribution in [2.45, 2.75) is 19.9 Å². The quantitative estimate of drug-likeness (QED) is 0.717. The lowest BCUT2D eigenvalue weighted by Crippen LogP contribution is -2.15. The first-order chi connectivity index (χ1) is 11.6. The molecule has 122 valence electrons. The van der Waals surface area contributed by atoms with E-state index in [9.17, 15) is 4.79 Å². The molecule has 0 bridgehead atoms. The number of benzene rings is 2. The summed E-state index contributed by atoms with van der Waals surface area (Å²) in [5.41, 5.74) is 3.38. The molecule has 4 nitrogen and oxygen atoms in total. The first kappa shape index (κ1) is 16.5. The third-order valence-corrected chi connectivity index (χ3v) is 4.18. The Kier molecular flexibility index (Phi) is 5.11. The van der Waals surface area contributed by atoms with E-state index >= 15 is 0 Å². The van der Waals surface area contributed by atoms with Crippen LogP contribution in [0.25, 0.3) is 0 Å². The van der Waals surface area contributed by atoms with Crippen molar-refractivity contribution >= 4 is 27.7 Å². The second-order valence-electron chi connectivity index (χ2n) is 5.74. The Morgan fingerprint density at radius 2 is 1.71 bits per heavy atom. The molecule has 0 aliphatic heterocycles. The molecule has 0 atom stereocenters. The first-order valence-electron chi connectivity index (χ1n) is 7.72. The number of nitrogens with zero attached hydrogens (tertiary/aromatic N) is 2. The topological polar surface area (TPSA) is 46.9 Å². The van der Waals surface area contributed by atoms with E-state index in [0.29, 0.717) is 18.8 Å². The lowest BCUT2D eigenvalue weighted by Gasteiger charge is -2.04. The predicted octanol–water partition coefficient (Wildman–Crippen LogP) is 4.18. The van der Waals surface area contributed by atoms with E-state index < -0.39 is 0 Å². The summed E-state index contributed by atoms with van der Waals surface area (Å²) in [6.07, 6.45) is 2.20. The normalized spacial score (nSPS) is 10.6. The van der Waals surface area contributed by atoms with E-state index in [0.717, 1.165) is 10.0 Å². The van der Waals surface area contributed by atoms with Crippen molar-refractivity contribution in [3.8, 4) is 0 Å². The molecular weight excluding hydrogens is 366 g/mol. The van der Waals surface area contributed by atoms with E-state index in [4.69, 9.17) is 0 Å². The zero-order valence-electron chi connectivity index (χ0n) is 13.4. The van der Waals surface area contributed by atoms with Gasteiger partial charge in [-0.2, -0.15) is 5.10 Å². The Bertz CT molecular complexity index is 823. The van der Waals surface area contributed by atoms with E-state index in [1.54, 1.807) is 0 Å². The number of nitrogens with one attached hydrogen (secondary N) is 1. The zero-order chi connectivity index (χ0) is 16.9. The number of amides is 1. The van der Waals surface area contributed by atoms with Gasteiger partial charge in [-0.1, -0.05) is 57.9 Å². The predicted molar refractivity (Wildman–Crippen MR) is 99.0 cm³/mol. The highest BCUT2D eigenvalue weighted by atomic mass is 79.9. The molecule has 0 fully saturated rings. The van der Waals surface area contributed by atoms with Crippen molar-refractivity contribution in [3.05, 3.63) is 82.0 Å². The third kappa shape index (κ3) is 4.55. The van der Waals surface area contributed by atoms with Crippen molar-refractivity contribution in [1.82, 2.24) is 9.78 Å².